The number of nitrogens with one attached hydrogen (secondary N) is 1. The molecule has 0 spiro atoms. The van der Waals surface area contributed by atoms with Gasteiger partial charge in [0.1, 0.15) is 4.88 Å². The maximum Gasteiger partial charge on any atom is 0.265 e. The van der Waals surface area contributed by atoms with Gasteiger partial charge in [-0.25, -0.2) is 0 Å². The molecule has 1 unspecified atom stereocenters. The number of nitrogens with zero attached hydrogens (tertiary/aromatic N) is 2. The van der Waals surface area contributed by atoms with Crippen LogP contribution in [0.15, 0.2) is 0 Å². The van der Waals surface area contributed by atoms with E-state index in [9.17, 15) is 4.79 Å². The second-order valence-corrected chi connectivity index (χ2v) is 4.54. The third kappa shape index (κ3) is 3.70. The number of carbonyl (C=O) groups is 1. The van der Waals surface area contributed by atoms with Gasteiger partial charge < -0.3 is 10.1 Å². The largest absolute Gasteiger partial charge is 0.383 e. The molecule has 0 aromatic carbocycles. The van der Waals surface area contributed by atoms with Crippen molar-refractivity contribution in [3.8, 4) is 0 Å². The van der Waals surface area contributed by atoms with E-state index in [1.165, 1.54) is 0 Å². The van der Waals surface area contributed by atoms with E-state index in [1.807, 2.05) is 6.92 Å². The van der Waals surface area contributed by atoms with Gasteiger partial charge in [-0.1, -0.05) is 11.4 Å². The van der Waals surface area contributed by atoms with Gasteiger partial charge in [-0.3, -0.25) is 4.79 Å². The van der Waals surface area contributed by atoms with Gasteiger partial charge in [0.05, 0.1) is 17.7 Å². The van der Waals surface area contributed by atoms with Gasteiger partial charge in [0.25, 0.3) is 5.91 Å². The summed E-state index contributed by atoms with van der Waals surface area (Å²) < 4.78 is 8.62. The van der Waals surface area contributed by atoms with Crippen molar-refractivity contribution in [3.05, 3.63) is 10.6 Å². The lowest BCUT2D eigenvalue weighted by atomic mass is 10.3. The summed E-state index contributed by atoms with van der Waals surface area (Å²) in [6.45, 7) is 2.71. The maximum atomic E-state index is 11.7. The van der Waals surface area contributed by atoms with Crippen LogP contribution in [0.5, 0.6) is 0 Å². The second-order valence-electron chi connectivity index (χ2n) is 3.16. The molecular weight excluding hydrogens is 250 g/mol. The van der Waals surface area contributed by atoms with E-state index in [2.05, 4.69) is 14.9 Å². The SMILES string of the molecule is CCc1nnsc1C(=O)NCC(Cl)COC. The molecule has 0 saturated carbocycles. The van der Waals surface area contributed by atoms with Crippen LogP contribution in [-0.2, 0) is 11.2 Å². The minimum atomic E-state index is -0.222. The average molecular weight is 264 g/mol. The Hall–Kier alpha value is -0.720. The van der Waals surface area contributed by atoms with Gasteiger partial charge in [-0.05, 0) is 18.0 Å². The predicted molar refractivity (Wildman–Crippen MR) is 63.1 cm³/mol. The molecule has 0 aliphatic rings. The summed E-state index contributed by atoms with van der Waals surface area (Å²) >= 11 is 6.99. The maximum absolute atomic E-state index is 11.7. The van der Waals surface area contributed by atoms with Gasteiger partial charge in [-0.15, -0.1) is 16.7 Å². The molecule has 1 atom stereocenters. The first-order valence-corrected chi connectivity index (χ1v) is 6.12. The van der Waals surface area contributed by atoms with E-state index < -0.39 is 0 Å². The fourth-order valence-corrected chi connectivity index (χ4v) is 2.01. The number of ether oxygens (including phenoxy) is 1. The van der Waals surface area contributed by atoms with Crippen LogP contribution in [0.1, 0.15) is 22.3 Å². The first-order chi connectivity index (χ1) is 7.69. The Morgan fingerprint density at radius 1 is 1.69 bits per heavy atom. The molecule has 90 valence electrons. The molecule has 1 aromatic heterocycles. The molecule has 0 fully saturated rings. The fraction of sp³-hybridized carbons (Fsp3) is 0.667. The molecule has 1 heterocycles. The van der Waals surface area contributed by atoms with Crippen molar-refractivity contribution in [1.82, 2.24) is 14.9 Å². The van der Waals surface area contributed by atoms with E-state index in [-0.39, 0.29) is 11.3 Å². The number of alkyl halides is 1. The Balaban J connectivity index is 2.46. The summed E-state index contributed by atoms with van der Waals surface area (Å²) in [7, 11) is 1.57. The number of rotatable bonds is 6. The van der Waals surface area contributed by atoms with Crippen LogP contribution in [-0.4, -0.2) is 41.1 Å². The normalized spacial score (nSPS) is 12.4. The highest BCUT2D eigenvalue weighted by molar-refractivity contribution is 7.08. The van der Waals surface area contributed by atoms with E-state index in [4.69, 9.17) is 16.3 Å². The molecular formula is C9H14ClN3O2S. The number of hydrogen-bond acceptors (Lipinski definition) is 5. The lowest BCUT2D eigenvalue weighted by Crippen LogP contribution is -2.31. The van der Waals surface area contributed by atoms with Crippen LogP contribution in [0.2, 0.25) is 0 Å². The summed E-state index contributed by atoms with van der Waals surface area (Å²) in [5, 5.41) is 6.37. The Kier molecular flexibility index (Phi) is 5.65. The van der Waals surface area contributed by atoms with Gasteiger partial charge in [0.2, 0.25) is 0 Å². The molecule has 0 aliphatic heterocycles. The zero-order valence-electron chi connectivity index (χ0n) is 9.20. The lowest BCUT2D eigenvalue weighted by Gasteiger charge is -2.08. The number of aromatic nitrogens is 2. The predicted octanol–water partition coefficient (Wildman–Crippen LogP) is 1.08. The van der Waals surface area contributed by atoms with Gasteiger partial charge in [0.15, 0.2) is 0 Å². The number of carbonyl (C=O) groups excluding carboxylic acids is 1. The topological polar surface area (TPSA) is 64.1 Å². The standard InChI is InChI=1S/C9H14ClN3O2S/c1-3-7-8(16-13-12-7)9(14)11-4-6(10)5-15-2/h6H,3-5H2,1-2H3,(H,11,14). The number of hydrogen-bond donors (Lipinski definition) is 1. The van der Waals surface area contributed by atoms with Crippen LogP contribution < -0.4 is 5.32 Å². The minimum absolute atomic E-state index is 0.173. The first kappa shape index (κ1) is 13.3. The molecule has 0 saturated heterocycles. The minimum Gasteiger partial charge on any atom is -0.383 e. The third-order valence-corrected chi connectivity index (χ3v) is 2.98. The van der Waals surface area contributed by atoms with E-state index in [0.29, 0.717) is 24.4 Å². The smallest absolute Gasteiger partial charge is 0.265 e. The molecule has 1 N–H and O–H groups in total. The summed E-state index contributed by atoms with van der Waals surface area (Å²) in [5.74, 6) is -0.173. The highest BCUT2D eigenvalue weighted by atomic mass is 35.5. The summed E-state index contributed by atoms with van der Waals surface area (Å²) in [6.07, 6.45) is 0.696. The van der Waals surface area contributed by atoms with Crippen molar-refractivity contribution in [2.45, 2.75) is 18.7 Å². The summed E-state index contributed by atoms with van der Waals surface area (Å²) in [5.41, 5.74) is 0.723. The number of methoxy groups -OCH3 is 1. The summed E-state index contributed by atoms with van der Waals surface area (Å²) in [4.78, 5) is 12.3. The first-order valence-electron chi connectivity index (χ1n) is 4.91. The fourth-order valence-electron chi connectivity index (χ4n) is 1.14. The Labute approximate surface area is 103 Å². The zero-order valence-corrected chi connectivity index (χ0v) is 10.8. The highest BCUT2D eigenvalue weighted by Crippen LogP contribution is 2.10. The van der Waals surface area contributed by atoms with Gasteiger partial charge in [0, 0.05) is 13.7 Å². The lowest BCUT2D eigenvalue weighted by molar-refractivity contribution is 0.0952. The molecule has 16 heavy (non-hydrogen) atoms. The molecule has 0 radical (unpaired) electrons. The third-order valence-electron chi connectivity index (χ3n) is 1.93. The molecule has 0 aliphatic carbocycles. The van der Waals surface area contributed by atoms with Gasteiger partial charge >= 0.3 is 0 Å². The molecule has 0 bridgehead atoms. The van der Waals surface area contributed by atoms with Crippen molar-refractivity contribution in [1.29, 1.82) is 0 Å². The number of halogens is 1. The number of amides is 1. The van der Waals surface area contributed by atoms with Crippen molar-refractivity contribution in [2.75, 3.05) is 20.3 Å². The van der Waals surface area contributed by atoms with E-state index in [1.54, 1.807) is 7.11 Å². The molecule has 1 rings (SSSR count). The monoisotopic (exact) mass is 263 g/mol. The van der Waals surface area contributed by atoms with Crippen LogP contribution in [0.25, 0.3) is 0 Å². The van der Waals surface area contributed by atoms with Gasteiger partial charge in [-0.2, -0.15) is 0 Å². The second kappa shape index (κ2) is 6.78. The van der Waals surface area contributed by atoms with Crippen LogP contribution in [0.3, 0.4) is 0 Å². The Morgan fingerprint density at radius 3 is 3.06 bits per heavy atom. The van der Waals surface area contributed by atoms with Crippen LogP contribution in [0, 0.1) is 0 Å². The average Bonchev–Trinajstić information content (AvgIpc) is 2.74. The Bertz CT molecular complexity index is 345. The molecule has 1 amide bonds. The summed E-state index contributed by atoms with van der Waals surface area (Å²) in [6, 6.07) is 0. The number of aryl methyl sites for hydroxylation is 1. The van der Waals surface area contributed by atoms with Crippen molar-refractivity contribution >= 4 is 29.0 Å². The molecule has 1 aromatic rings. The van der Waals surface area contributed by atoms with E-state index in [0.717, 1.165) is 17.2 Å². The Morgan fingerprint density at radius 2 is 2.44 bits per heavy atom. The zero-order chi connectivity index (χ0) is 12.0. The van der Waals surface area contributed by atoms with Crippen LogP contribution >= 0.6 is 23.1 Å². The van der Waals surface area contributed by atoms with Crippen molar-refractivity contribution < 1.29 is 9.53 Å². The highest BCUT2D eigenvalue weighted by Gasteiger charge is 2.15. The van der Waals surface area contributed by atoms with Crippen molar-refractivity contribution in [3.63, 3.8) is 0 Å². The molecule has 7 heteroatoms. The molecule has 5 nitrogen and oxygen atoms in total. The van der Waals surface area contributed by atoms with E-state index >= 15 is 0 Å². The van der Waals surface area contributed by atoms with Crippen LogP contribution in [0.4, 0.5) is 0 Å². The quantitative estimate of drug-likeness (QED) is 0.781. The van der Waals surface area contributed by atoms with Crippen molar-refractivity contribution in [2.24, 2.45) is 0 Å².